The van der Waals surface area contributed by atoms with E-state index in [0.717, 1.165) is 23.1 Å². The summed E-state index contributed by atoms with van der Waals surface area (Å²) in [7, 11) is 0. The van der Waals surface area contributed by atoms with Crippen LogP contribution in [0.15, 0.2) is 65.7 Å². The molecule has 2 aliphatic heterocycles. The van der Waals surface area contributed by atoms with Crippen LogP contribution < -0.4 is 5.32 Å². The molecule has 3 N–H and O–H groups in total. The van der Waals surface area contributed by atoms with Crippen molar-refractivity contribution in [2.45, 2.75) is 50.0 Å². The Bertz CT molecular complexity index is 1200. The fourth-order valence-corrected chi connectivity index (χ4v) is 4.81. The second-order valence-electron chi connectivity index (χ2n) is 9.01. The lowest BCUT2D eigenvalue weighted by Crippen LogP contribution is -2.50. The maximum absolute atomic E-state index is 13.0. The number of dihydropyridines is 1. The van der Waals surface area contributed by atoms with E-state index in [2.05, 4.69) is 10.3 Å². The van der Waals surface area contributed by atoms with Crippen LogP contribution in [0.1, 0.15) is 54.5 Å². The number of aliphatic hydroxyl groups excluding tert-OH is 2. The number of carbonyl (C=O) groups excluding carboxylic acids is 3. The Labute approximate surface area is 214 Å². The van der Waals surface area contributed by atoms with Gasteiger partial charge in [0.2, 0.25) is 0 Å². The first kappa shape index (κ1) is 25.8. The Morgan fingerprint density at radius 2 is 1.86 bits per heavy atom. The largest absolute Gasteiger partial charge is 0.380 e. The molecule has 0 aromatic heterocycles. The van der Waals surface area contributed by atoms with Crippen LogP contribution in [-0.2, 0) is 14.4 Å². The van der Waals surface area contributed by atoms with Gasteiger partial charge in [0.1, 0.15) is 0 Å². The average Bonchev–Trinajstić information content (AvgIpc) is 3.38. The molecule has 4 rings (SSSR count). The topological polar surface area (TPSA) is 119 Å². The maximum Gasteiger partial charge on any atom is 0.257 e. The lowest BCUT2D eigenvalue weighted by Gasteiger charge is -2.29. The molecule has 5 atom stereocenters. The molecule has 1 saturated heterocycles. The molecule has 0 aliphatic carbocycles. The molecule has 1 fully saturated rings. The van der Waals surface area contributed by atoms with Crippen LogP contribution in [0.5, 0.6) is 0 Å². The van der Waals surface area contributed by atoms with E-state index in [1.54, 1.807) is 61.5 Å². The number of aliphatic imine (C=N–C) groups is 1. The molecule has 0 bridgehead atoms. The minimum absolute atomic E-state index is 0.246. The summed E-state index contributed by atoms with van der Waals surface area (Å²) in [6.45, 7) is 2.13. The molecule has 2 aliphatic rings. The third-order valence-electron chi connectivity index (χ3n) is 6.60. The zero-order chi connectivity index (χ0) is 25.8. The van der Waals surface area contributed by atoms with Crippen LogP contribution in [0.4, 0.5) is 0 Å². The van der Waals surface area contributed by atoms with Gasteiger partial charge in [-0.25, -0.2) is 4.99 Å². The number of benzene rings is 2. The van der Waals surface area contributed by atoms with Gasteiger partial charge >= 0.3 is 0 Å². The highest BCUT2D eigenvalue weighted by Crippen LogP contribution is 2.33. The van der Waals surface area contributed by atoms with Crippen molar-refractivity contribution < 1.29 is 24.6 Å². The number of aliphatic hydroxyl groups is 2. The van der Waals surface area contributed by atoms with Gasteiger partial charge in [-0.2, -0.15) is 0 Å². The van der Waals surface area contributed by atoms with Gasteiger partial charge in [0.15, 0.2) is 12.2 Å². The Morgan fingerprint density at radius 1 is 1.11 bits per heavy atom. The predicted molar refractivity (Wildman–Crippen MR) is 136 cm³/mol. The fourth-order valence-electron chi connectivity index (χ4n) is 4.61. The minimum Gasteiger partial charge on any atom is -0.380 e. The van der Waals surface area contributed by atoms with Crippen molar-refractivity contribution in [3.8, 4) is 0 Å². The van der Waals surface area contributed by atoms with Gasteiger partial charge in [-0.1, -0.05) is 54.1 Å². The highest BCUT2D eigenvalue weighted by molar-refractivity contribution is 6.30. The second kappa shape index (κ2) is 11.2. The number of hydrogen-bond donors (Lipinski definition) is 3. The molecule has 0 spiro atoms. The zero-order valence-corrected chi connectivity index (χ0v) is 20.5. The summed E-state index contributed by atoms with van der Waals surface area (Å²) in [6.07, 6.45) is 2.54. The highest BCUT2D eigenvalue weighted by Gasteiger charge is 2.38. The molecular weight excluding hydrogens is 482 g/mol. The molecule has 2 aromatic rings. The van der Waals surface area contributed by atoms with Crippen molar-refractivity contribution in [2.75, 3.05) is 6.54 Å². The molecule has 9 heteroatoms. The Hall–Kier alpha value is -3.33. The number of allylic oxidation sites excluding steroid dienone is 1. The quantitative estimate of drug-likeness (QED) is 0.530. The monoisotopic (exact) mass is 509 g/mol. The molecule has 2 heterocycles. The third-order valence-corrected chi connectivity index (χ3v) is 6.84. The second-order valence-corrected chi connectivity index (χ2v) is 9.45. The van der Waals surface area contributed by atoms with Gasteiger partial charge < -0.3 is 20.4 Å². The summed E-state index contributed by atoms with van der Waals surface area (Å²) in [5, 5.41) is 24.2. The minimum atomic E-state index is -1.93. The van der Waals surface area contributed by atoms with Gasteiger partial charge in [0.25, 0.3) is 17.7 Å². The number of carbonyl (C=O) groups is 3. The molecular formula is C27H28ClN3O5. The van der Waals surface area contributed by atoms with Gasteiger partial charge in [-0.3, -0.25) is 14.4 Å². The first-order chi connectivity index (χ1) is 17.3. The molecule has 1 unspecified atom stereocenters. The molecule has 2 aromatic carbocycles. The number of nitrogens with zero attached hydrogens (tertiary/aromatic N) is 2. The van der Waals surface area contributed by atoms with Crippen LogP contribution in [0.3, 0.4) is 0 Å². The Balaban J connectivity index is 1.37. The summed E-state index contributed by atoms with van der Waals surface area (Å²) < 4.78 is 0. The first-order valence-corrected chi connectivity index (χ1v) is 12.2. The van der Waals surface area contributed by atoms with Gasteiger partial charge in [-0.15, -0.1) is 0 Å². The van der Waals surface area contributed by atoms with Crippen LogP contribution in [0.2, 0.25) is 5.02 Å². The lowest BCUT2D eigenvalue weighted by molar-refractivity contribution is -0.154. The summed E-state index contributed by atoms with van der Waals surface area (Å²) >= 11 is 6.09. The predicted octanol–water partition coefficient (Wildman–Crippen LogP) is 2.85. The van der Waals surface area contributed by atoms with E-state index >= 15 is 0 Å². The standard InChI is InChI=1S/C27H28ClN3O5/c1-16(17-9-11-18(12-10-17)21-7-3-13-29-25(21)34)30-26(35)23(32)24(33)27(36)31-14-4-8-22(31)19-5-2-6-20(28)15-19/h2-3,5-7,9-13,15-16,21-24,32-33H,4,8,14H2,1H3,(H,30,35)/t16-,21?,22-,23-,24-/m1/s1. The van der Waals surface area contributed by atoms with Gasteiger partial charge in [0, 0.05) is 17.8 Å². The number of amides is 3. The summed E-state index contributed by atoms with van der Waals surface area (Å²) in [6, 6.07) is 13.5. The summed E-state index contributed by atoms with van der Waals surface area (Å²) in [5.41, 5.74) is 2.35. The molecule has 0 saturated carbocycles. The van der Waals surface area contributed by atoms with E-state index in [1.165, 1.54) is 11.1 Å². The van der Waals surface area contributed by atoms with Crippen molar-refractivity contribution in [2.24, 2.45) is 4.99 Å². The Morgan fingerprint density at radius 3 is 2.56 bits per heavy atom. The molecule has 8 nitrogen and oxygen atoms in total. The van der Waals surface area contributed by atoms with E-state index in [0.29, 0.717) is 18.0 Å². The van der Waals surface area contributed by atoms with Crippen molar-refractivity contribution >= 4 is 35.5 Å². The molecule has 188 valence electrons. The van der Waals surface area contributed by atoms with E-state index in [1.807, 2.05) is 6.07 Å². The zero-order valence-electron chi connectivity index (χ0n) is 19.8. The normalized spacial score (nSPS) is 21.8. The summed E-state index contributed by atoms with van der Waals surface area (Å²) in [4.78, 5) is 42.9. The van der Waals surface area contributed by atoms with E-state index in [9.17, 15) is 24.6 Å². The Kier molecular flexibility index (Phi) is 7.98. The lowest BCUT2D eigenvalue weighted by atomic mass is 9.94. The maximum atomic E-state index is 13.0. The number of rotatable bonds is 7. The van der Waals surface area contributed by atoms with E-state index < -0.39 is 36.0 Å². The molecule has 0 radical (unpaired) electrons. The third kappa shape index (κ3) is 5.56. The van der Waals surface area contributed by atoms with Gasteiger partial charge in [-0.05, 0) is 54.7 Å². The summed E-state index contributed by atoms with van der Waals surface area (Å²) in [5.74, 6) is -2.25. The van der Waals surface area contributed by atoms with Crippen LogP contribution in [0, 0.1) is 0 Å². The van der Waals surface area contributed by atoms with Crippen molar-refractivity contribution in [1.29, 1.82) is 0 Å². The van der Waals surface area contributed by atoms with E-state index in [-0.39, 0.29) is 11.9 Å². The highest BCUT2D eigenvalue weighted by atomic mass is 35.5. The van der Waals surface area contributed by atoms with Gasteiger partial charge in [0.05, 0.1) is 18.0 Å². The van der Waals surface area contributed by atoms with Crippen molar-refractivity contribution in [1.82, 2.24) is 10.2 Å². The van der Waals surface area contributed by atoms with E-state index in [4.69, 9.17) is 11.6 Å². The number of likely N-dealkylation sites (tertiary alicyclic amines) is 1. The number of hydrogen-bond acceptors (Lipinski definition) is 5. The molecule has 3 amide bonds. The van der Waals surface area contributed by atoms with Crippen LogP contribution in [0.25, 0.3) is 0 Å². The first-order valence-electron chi connectivity index (χ1n) is 11.8. The average molecular weight is 510 g/mol. The van der Waals surface area contributed by atoms with Crippen LogP contribution >= 0.6 is 11.6 Å². The van der Waals surface area contributed by atoms with Crippen molar-refractivity contribution in [3.05, 3.63) is 82.4 Å². The molecule has 36 heavy (non-hydrogen) atoms. The van der Waals surface area contributed by atoms with Crippen LogP contribution in [-0.4, -0.2) is 57.8 Å². The smallest absolute Gasteiger partial charge is 0.257 e. The number of nitrogens with one attached hydrogen (secondary N) is 1. The SMILES string of the molecule is C[C@@H](NC(=O)[C@H](O)[C@@H](O)C(=O)N1CCC[C@@H]1c1cccc(Cl)c1)c1ccc(C2C=CC=NC2=O)cc1. The van der Waals surface area contributed by atoms with Crippen molar-refractivity contribution in [3.63, 3.8) is 0 Å². The fraction of sp³-hybridized carbons (Fsp3) is 0.333. The number of halogens is 1.